The predicted molar refractivity (Wildman–Crippen MR) is 113 cm³/mol. The van der Waals surface area contributed by atoms with E-state index in [1.807, 2.05) is 27.5 Å². The van der Waals surface area contributed by atoms with Crippen molar-refractivity contribution in [2.45, 2.75) is 36.7 Å². The second-order valence-electron chi connectivity index (χ2n) is 7.09. The fourth-order valence-electron chi connectivity index (χ4n) is 3.84. The Balaban J connectivity index is 1.43. The summed E-state index contributed by atoms with van der Waals surface area (Å²) in [4.78, 5) is 0. The monoisotopic (exact) mass is 421 g/mol. The second-order valence-corrected chi connectivity index (χ2v) is 8.03. The summed E-state index contributed by atoms with van der Waals surface area (Å²) >= 11 is 1.60. The molecule has 1 aliphatic rings. The number of aromatic nitrogens is 5. The third kappa shape index (κ3) is 3.37. The van der Waals surface area contributed by atoms with Gasteiger partial charge in [0, 0.05) is 18.0 Å². The van der Waals surface area contributed by atoms with Crippen LogP contribution in [0, 0.1) is 5.82 Å². The molecule has 30 heavy (non-hydrogen) atoms. The van der Waals surface area contributed by atoms with Gasteiger partial charge in [0.05, 0.1) is 17.6 Å². The minimum atomic E-state index is -0.243. The van der Waals surface area contributed by atoms with Crippen LogP contribution in [0.3, 0.4) is 0 Å². The average molecular weight is 422 g/mol. The molecule has 8 heteroatoms. The zero-order valence-corrected chi connectivity index (χ0v) is 17.1. The molecule has 152 valence electrons. The van der Waals surface area contributed by atoms with E-state index in [4.69, 9.17) is 9.52 Å². The zero-order chi connectivity index (χ0) is 20.5. The third-order valence-corrected chi connectivity index (χ3v) is 6.17. The molecule has 0 fully saturated rings. The van der Waals surface area contributed by atoms with Crippen LogP contribution in [0.5, 0.6) is 0 Å². The molecule has 0 N–H and O–H groups in total. The van der Waals surface area contributed by atoms with Crippen molar-refractivity contribution in [3.8, 4) is 17.3 Å². The van der Waals surface area contributed by atoms with Gasteiger partial charge in [-0.3, -0.25) is 4.57 Å². The Morgan fingerprint density at radius 3 is 2.80 bits per heavy atom. The lowest BCUT2D eigenvalue weighted by molar-refractivity contribution is 0.569. The molecule has 4 aromatic rings. The zero-order valence-electron chi connectivity index (χ0n) is 16.3. The summed E-state index contributed by atoms with van der Waals surface area (Å²) in [5, 5.41) is 14.3. The van der Waals surface area contributed by atoms with E-state index >= 15 is 0 Å². The molecule has 0 amide bonds. The number of nitrogens with zero attached hydrogens (tertiary/aromatic N) is 5. The molecule has 0 saturated carbocycles. The van der Waals surface area contributed by atoms with Crippen LogP contribution in [-0.2, 0) is 25.1 Å². The van der Waals surface area contributed by atoms with Crippen molar-refractivity contribution >= 4 is 11.8 Å². The number of fused-ring (bicyclic) bond motifs is 1. The first kappa shape index (κ1) is 18.9. The van der Waals surface area contributed by atoms with Gasteiger partial charge in [-0.2, -0.15) is 5.10 Å². The van der Waals surface area contributed by atoms with E-state index in [9.17, 15) is 4.39 Å². The van der Waals surface area contributed by atoms with E-state index in [1.54, 1.807) is 30.2 Å². The first-order chi connectivity index (χ1) is 14.7. The van der Waals surface area contributed by atoms with Crippen molar-refractivity contribution in [2.75, 3.05) is 0 Å². The lowest BCUT2D eigenvalue weighted by Crippen LogP contribution is -2.02. The van der Waals surface area contributed by atoms with Crippen molar-refractivity contribution in [3.05, 3.63) is 78.1 Å². The number of furan rings is 1. The summed E-state index contributed by atoms with van der Waals surface area (Å²) in [7, 11) is 0. The maximum absolute atomic E-state index is 13.3. The number of rotatable bonds is 7. The number of allylic oxidation sites excluding steroid dienone is 1. The van der Waals surface area contributed by atoms with Crippen LogP contribution in [0.2, 0.25) is 0 Å². The molecular weight excluding hydrogens is 401 g/mol. The van der Waals surface area contributed by atoms with Crippen molar-refractivity contribution in [1.29, 1.82) is 0 Å². The van der Waals surface area contributed by atoms with E-state index in [0.717, 1.165) is 35.8 Å². The Morgan fingerprint density at radius 2 is 2.03 bits per heavy atom. The Hall–Kier alpha value is -3.13. The van der Waals surface area contributed by atoms with Gasteiger partial charge in [0.25, 0.3) is 0 Å². The number of hydrogen-bond donors (Lipinski definition) is 0. The maximum Gasteiger partial charge on any atom is 0.200 e. The fraction of sp³-hybridized carbons (Fsp3) is 0.227. The molecule has 3 aromatic heterocycles. The van der Waals surface area contributed by atoms with Crippen LogP contribution in [0.15, 0.2) is 64.9 Å². The Morgan fingerprint density at radius 1 is 1.17 bits per heavy atom. The molecule has 0 saturated heterocycles. The number of hydrogen-bond acceptors (Lipinski definition) is 5. The van der Waals surface area contributed by atoms with Gasteiger partial charge >= 0.3 is 0 Å². The van der Waals surface area contributed by atoms with Crippen molar-refractivity contribution in [3.63, 3.8) is 0 Å². The summed E-state index contributed by atoms with van der Waals surface area (Å²) < 4.78 is 22.8. The maximum atomic E-state index is 13.3. The average Bonchev–Trinajstić information content (AvgIpc) is 3.53. The second kappa shape index (κ2) is 7.95. The van der Waals surface area contributed by atoms with Crippen LogP contribution < -0.4 is 0 Å². The molecule has 3 heterocycles. The lowest BCUT2D eigenvalue weighted by Gasteiger charge is -2.06. The van der Waals surface area contributed by atoms with E-state index < -0.39 is 0 Å². The molecule has 6 nitrogen and oxygen atoms in total. The quantitative estimate of drug-likeness (QED) is 0.316. The van der Waals surface area contributed by atoms with Gasteiger partial charge < -0.3 is 4.42 Å². The highest BCUT2D eigenvalue weighted by Gasteiger charge is 2.24. The number of thioether (sulfide) groups is 1. The van der Waals surface area contributed by atoms with Gasteiger partial charge in [0.15, 0.2) is 10.9 Å². The van der Waals surface area contributed by atoms with Gasteiger partial charge in [0.2, 0.25) is 5.82 Å². The summed E-state index contributed by atoms with van der Waals surface area (Å²) in [6.07, 6.45) is 6.56. The molecule has 1 aromatic carbocycles. The summed E-state index contributed by atoms with van der Waals surface area (Å²) in [5.41, 5.74) is 4.46. The van der Waals surface area contributed by atoms with E-state index in [1.165, 1.54) is 23.4 Å². The molecular formula is C22H20FN5OS. The molecule has 0 radical (unpaired) electrons. The van der Waals surface area contributed by atoms with Gasteiger partial charge in [-0.25, -0.2) is 9.07 Å². The summed E-state index contributed by atoms with van der Waals surface area (Å²) in [5.74, 6) is 1.80. The van der Waals surface area contributed by atoms with E-state index in [2.05, 4.69) is 16.8 Å². The number of benzene rings is 1. The lowest BCUT2D eigenvalue weighted by atomic mass is 10.2. The molecule has 1 aliphatic carbocycles. The smallest absolute Gasteiger partial charge is 0.200 e. The van der Waals surface area contributed by atoms with Gasteiger partial charge in [-0.15, -0.1) is 16.8 Å². The largest absolute Gasteiger partial charge is 0.461 e. The van der Waals surface area contributed by atoms with Crippen molar-refractivity contribution in [2.24, 2.45) is 0 Å². The van der Waals surface area contributed by atoms with Crippen LogP contribution >= 0.6 is 11.8 Å². The highest BCUT2D eigenvalue weighted by molar-refractivity contribution is 7.98. The van der Waals surface area contributed by atoms with E-state index in [-0.39, 0.29) is 5.82 Å². The molecule has 0 aliphatic heterocycles. The number of halogens is 1. The predicted octanol–water partition coefficient (Wildman–Crippen LogP) is 4.83. The van der Waals surface area contributed by atoms with Crippen LogP contribution in [0.25, 0.3) is 17.3 Å². The first-order valence-electron chi connectivity index (χ1n) is 9.81. The van der Waals surface area contributed by atoms with Crippen LogP contribution in [0.1, 0.15) is 23.4 Å². The molecule has 0 bridgehead atoms. The van der Waals surface area contributed by atoms with Crippen molar-refractivity contribution < 1.29 is 8.81 Å². The van der Waals surface area contributed by atoms with E-state index in [0.29, 0.717) is 23.9 Å². The summed E-state index contributed by atoms with van der Waals surface area (Å²) in [6, 6.07) is 10.2. The highest BCUT2D eigenvalue weighted by Crippen LogP contribution is 2.32. The minimum absolute atomic E-state index is 0.243. The highest BCUT2D eigenvalue weighted by atomic mass is 32.2. The molecule has 0 unspecified atom stereocenters. The Labute approximate surface area is 177 Å². The van der Waals surface area contributed by atoms with Gasteiger partial charge in [-0.1, -0.05) is 17.8 Å². The topological polar surface area (TPSA) is 61.7 Å². The van der Waals surface area contributed by atoms with Crippen LogP contribution in [0.4, 0.5) is 4.39 Å². The van der Waals surface area contributed by atoms with Gasteiger partial charge in [-0.05, 0) is 61.2 Å². The van der Waals surface area contributed by atoms with Gasteiger partial charge in [0.1, 0.15) is 5.82 Å². The normalized spacial score (nSPS) is 13.0. The molecule has 0 spiro atoms. The third-order valence-electron chi connectivity index (χ3n) is 5.19. The first-order valence-corrected chi connectivity index (χ1v) is 10.8. The SMILES string of the molecule is C=CCn1c(SCc2nn(-c3ccc(F)cc3)c3c2CCC3)nnc1-c1ccco1. The molecule has 0 atom stereocenters. The summed E-state index contributed by atoms with van der Waals surface area (Å²) in [6.45, 7) is 4.44. The minimum Gasteiger partial charge on any atom is -0.461 e. The molecule has 5 rings (SSSR count). The Kier molecular flexibility index (Phi) is 5.00. The standard InChI is InChI=1S/C22H20FN5OS/c1-2-12-27-21(20-7-4-13-29-20)24-25-22(27)30-14-18-17-5-3-6-19(17)28(26-18)16-10-8-15(23)9-11-16/h2,4,7-11,13H,1,3,5-6,12,14H2. The van der Waals surface area contributed by atoms with Crippen molar-refractivity contribution in [1.82, 2.24) is 24.5 Å². The fourth-order valence-corrected chi connectivity index (χ4v) is 4.75. The van der Waals surface area contributed by atoms with Crippen LogP contribution in [-0.4, -0.2) is 24.5 Å². The Bertz CT molecular complexity index is 1180.